The Kier molecular flexibility index (Phi) is 2.73. The second-order valence-corrected chi connectivity index (χ2v) is 4.00. The van der Waals surface area contributed by atoms with E-state index in [0.29, 0.717) is 0 Å². The number of anilines is 1. The zero-order chi connectivity index (χ0) is 10.8. The van der Waals surface area contributed by atoms with Crippen molar-refractivity contribution in [1.82, 2.24) is 5.32 Å². The predicted octanol–water partition coefficient (Wildman–Crippen LogP) is 1.32. The van der Waals surface area contributed by atoms with Crippen LogP contribution in [0.2, 0.25) is 0 Å². The summed E-state index contributed by atoms with van der Waals surface area (Å²) < 4.78 is 0. The Morgan fingerprint density at radius 3 is 3.00 bits per heavy atom. The molecule has 0 aromatic heterocycles. The van der Waals surface area contributed by atoms with Crippen LogP contribution in [0.25, 0.3) is 0 Å². The zero-order valence-electron chi connectivity index (χ0n) is 9.16. The van der Waals surface area contributed by atoms with Gasteiger partial charge in [-0.2, -0.15) is 0 Å². The molecule has 0 spiro atoms. The highest BCUT2D eigenvalue weighted by molar-refractivity contribution is 5.97. The highest BCUT2D eigenvalue weighted by atomic mass is 16.2. The molecule has 1 aromatic rings. The Morgan fingerprint density at radius 2 is 2.27 bits per heavy atom. The lowest BCUT2D eigenvalue weighted by Gasteiger charge is -2.31. The third kappa shape index (κ3) is 2.02. The SMILES string of the molecule is Cc1cccc(N2CCN[C@@H](C)C2=O)c1. The summed E-state index contributed by atoms with van der Waals surface area (Å²) in [6.45, 7) is 5.57. The molecule has 0 saturated carbocycles. The number of aryl methyl sites for hydroxylation is 1. The summed E-state index contributed by atoms with van der Waals surface area (Å²) in [6.07, 6.45) is 0. The van der Waals surface area contributed by atoms with E-state index in [1.165, 1.54) is 5.56 Å². The smallest absolute Gasteiger partial charge is 0.243 e. The molecule has 1 atom stereocenters. The maximum absolute atomic E-state index is 11.9. The molecule has 1 fully saturated rings. The maximum atomic E-state index is 11.9. The molecule has 1 aliphatic heterocycles. The van der Waals surface area contributed by atoms with Crippen molar-refractivity contribution in [2.75, 3.05) is 18.0 Å². The average molecular weight is 204 g/mol. The van der Waals surface area contributed by atoms with E-state index in [9.17, 15) is 4.79 Å². The number of benzene rings is 1. The lowest BCUT2D eigenvalue weighted by molar-refractivity contribution is -0.121. The summed E-state index contributed by atoms with van der Waals surface area (Å²) >= 11 is 0. The number of carbonyl (C=O) groups excluding carboxylic acids is 1. The van der Waals surface area contributed by atoms with E-state index in [2.05, 4.69) is 11.4 Å². The topological polar surface area (TPSA) is 32.3 Å². The number of hydrogen-bond donors (Lipinski definition) is 1. The molecule has 1 heterocycles. The third-order valence-corrected chi connectivity index (χ3v) is 2.74. The molecule has 1 N–H and O–H groups in total. The fourth-order valence-electron chi connectivity index (χ4n) is 1.88. The van der Waals surface area contributed by atoms with Crippen molar-refractivity contribution in [2.45, 2.75) is 19.9 Å². The van der Waals surface area contributed by atoms with E-state index in [4.69, 9.17) is 0 Å². The van der Waals surface area contributed by atoms with Crippen LogP contribution in [-0.4, -0.2) is 25.0 Å². The molecule has 0 radical (unpaired) electrons. The van der Waals surface area contributed by atoms with E-state index in [0.717, 1.165) is 18.8 Å². The molecule has 0 aliphatic carbocycles. The highest BCUT2D eigenvalue weighted by Gasteiger charge is 2.25. The van der Waals surface area contributed by atoms with Gasteiger partial charge < -0.3 is 10.2 Å². The number of carbonyl (C=O) groups is 1. The van der Waals surface area contributed by atoms with E-state index in [1.54, 1.807) is 0 Å². The number of rotatable bonds is 1. The normalized spacial score (nSPS) is 21.9. The molecular formula is C12H16N2O. The standard InChI is InChI=1S/C12H16N2O/c1-9-4-3-5-11(8-9)14-7-6-13-10(2)12(14)15/h3-5,8,10,13H,6-7H2,1-2H3/t10-/m0/s1. The minimum Gasteiger partial charge on any atom is -0.310 e. The molecule has 0 unspecified atom stereocenters. The van der Waals surface area contributed by atoms with Crippen LogP contribution in [0.1, 0.15) is 12.5 Å². The Labute approximate surface area is 90.1 Å². The van der Waals surface area contributed by atoms with E-state index in [1.807, 2.05) is 36.9 Å². The largest absolute Gasteiger partial charge is 0.310 e. The number of piperazine rings is 1. The Hall–Kier alpha value is -1.35. The fraction of sp³-hybridized carbons (Fsp3) is 0.417. The number of hydrogen-bond acceptors (Lipinski definition) is 2. The molecule has 1 aliphatic rings. The van der Waals surface area contributed by atoms with Crippen molar-refractivity contribution in [1.29, 1.82) is 0 Å². The highest BCUT2D eigenvalue weighted by Crippen LogP contribution is 2.18. The van der Waals surface area contributed by atoms with Crippen molar-refractivity contribution < 1.29 is 4.79 Å². The monoisotopic (exact) mass is 204 g/mol. The fourth-order valence-corrected chi connectivity index (χ4v) is 1.88. The van der Waals surface area contributed by atoms with Gasteiger partial charge in [-0.3, -0.25) is 4.79 Å². The molecule has 1 saturated heterocycles. The van der Waals surface area contributed by atoms with Gasteiger partial charge in [-0.25, -0.2) is 0 Å². The van der Waals surface area contributed by atoms with Crippen LogP contribution in [0, 0.1) is 6.92 Å². The van der Waals surface area contributed by atoms with Crippen LogP contribution < -0.4 is 10.2 Å². The quantitative estimate of drug-likeness (QED) is 0.748. The Bertz CT molecular complexity index is 376. The Balaban J connectivity index is 2.26. The van der Waals surface area contributed by atoms with Gasteiger partial charge in [-0.1, -0.05) is 12.1 Å². The molecule has 0 bridgehead atoms. The molecule has 2 rings (SSSR count). The van der Waals surface area contributed by atoms with E-state index >= 15 is 0 Å². The Morgan fingerprint density at radius 1 is 1.47 bits per heavy atom. The van der Waals surface area contributed by atoms with Crippen molar-refractivity contribution in [2.24, 2.45) is 0 Å². The first-order chi connectivity index (χ1) is 7.18. The maximum Gasteiger partial charge on any atom is 0.243 e. The van der Waals surface area contributed by atoms with Crippen molar-refractivity contribution >= 4 is 11.6 Å². The minimum atomic E-state index is -0.0701. The molecule has 80 valence electrons. The van der Waals surface area contributed by atoms with Gasteiger partial charge in [0.2, 0.25) is 5.91 Å². The summed E-state index contributed by atoms with van der Waals surface area (Å²) in [4.78, 5) is 13.8. The second kappa shape index (κ2) is 4.03. The molecule has 1 amide bonds. The van der Waals surface area contributed by atoms with Crippen molar-refractivity contribution in [3.8, 4) is 0 Å². The van der Waals surface area contributed by atoms with Gasteiger partial charge in [0.05, 0.1) is 6.04 Å². The summed E-state index contributed by atoms with van der Waals surface area (Å²) in [5.74, 6) is 0.159. The zero-order valence-corrected chi connectivity index (χ0v) is 9.16. The van der Waals surface area contributed by atoms with Crippen LogP contribution in [0.4, 0.5) is 5.69 Å². The van der Waals surface area contributed by atoms with Gasteiger partial charge in [0.15, 0.2) is 0 Å². The minimum absolute atomic E-state index is 0.0701. The first-order valence-electron chi connectivity index (χ1n) is 5.30. The summed E-state index contributed by atoms with van der Waals surface area (Å²) in [5, 5.41) is 3.15. The van der Waals surface area contributed by atoms with Gasteiger partial charge in [-0.15, -0.1) is 0 Å². The molecule has 3 heteroatoms. The van der Waals surface area contributed by atoms with E-state index in [-0.39, 0.29) is 11.9 Å². The van der Waals surface area contributed by atoms with E-state index < -0.39 is 0 Å². The molecule has 15 heavy (non-hydrogen) atoms. The lowest BCUT2D eigenvalue weighted by Crippen LogP contribution is -2.53. The lowest BCUT2D eigenvalue weighted by atomic mass is 10.1. The average Bonchev–Trinajstić information content (AvgIpc) is 2.22. The number of amides is 1. The first kappa shape index (κ1) is 10.2. The third-order valence-electron chi connectivity index (χ3n) is 2.74. The summed E-state index contributed by atoms with van der Waals surface area (Å²) in [6, 6.07) is 8.00. The number of nitrogens with zero attached hydrogens (tertiary/aromatic N) is 1. The molecule has 3 nitrogen and oxygen atoms in total. The first-order valence-corrected chi connectivity index (χ1v) is 5.30. The van der Waals surface area contributed by atoms with Gasteiger partial charge in [0.1, 0.15) is 0 Å². The summed E-state index contributed by atoms with van der Waals surface area (Å²) in [7, 11) is 0. The van der Waals surface area contributed by atoms with Crippen LogP contribution >= 0.6 is 0 Å². The van der Waals surface area contributed by atoms with Gasteiger partial charge in [-0.05, 0) is 31.5 Å². The van der Waals surface area contributed by atoms with Crippen LogP contribution in [-0.2, 0) is 4.79 Å². The van der Waals surface area contributed by atoms with Crippen LogP contribution in [0.5, 0.6) is 0 Å². The van der Waals surface area contributed by atoms with Gasteiger partial charge in [0.25, 0.3) is 0 Å². The van der Waals surface area contributed by atoms with Gasteiger partial charge >= 0.3 is 0 Å². The molecular weight excluding hydrogens is 188 g/mol. The molecule has 1 aromatic carbocycles. The van der Waals surface area contributed by atoms with Gasteiger partial charge in [0, 0.05) is 18.8 Å². The number of nitrogens with one attached hydrogen (secondary N) is 1. The second-order valence-electron chi connectivity index (χ2n) is 4.00. The van der Waals surface area contributed by atoms with Crippen LogP contribution in [0.15, 0.2) is 24.3 Å². The summed E-state index contributed by atoms with van der Waals surface area (Å²) in [5.41, 5.74) is 2.19. The van der Waals surface area contributed by atoms with Crippen molar-refractivity contribution in [3.63, 3.8) is 0 Å². The van der Waals surface area contributed by atoms with Crippen molar-refractivity contribution in [3.05, 3.63) is 29.8 Å². The van der Waals surface area contributed by atoms with Crippen LogP contribution in [0.3, 0.4) is 0 Å². The predicted molar refractivity (Wildman–Crippen MR) is 61.0 cm³/mol.